The van der Waals surface area contributed by atoms with Crippen LogP contribution in [0.5, 0.6) is 11.5 Å². The van der Waals surface area contributed by atoms with Gasteiger partial charge in [-0.05, 0) is 36.0 Å². The van der Waals surface area contributed by atoms with Gasteiger partial charge in [-0.25, -0.2) is 0 Å². The first-order chi connectivity index (χ1) is 10.1. The maximum atomic E-state index is 6.25. The van der Waals surface area contributed by atoms with Crippen LogP contribution in [0.15, 0.2) is 12.1 Å². The molecule has 0 aromatic heterocycles. The smallest absolute Gasteiger partial charge is 0.179 e. The van der Waals surface area contributed by atoms with Crippen molar-refractivity contribution in [3.05, 3.63) is 22.7 Å². The molecule has 3 unspecified atom stereocenters. The molecule has 0 bridgehead atoms. The second-order valence-electron chi connectivity index (χ2n) is 6.07. The summed E-state index contributed by atoms with van der Waals surface area (Å²) in [6.07, 6.45) is 3.92. The lowest BCUT2D eigenvalue weighted by molar-refractivity contribution is 0.206. The lowest BCUT2D eigenvalue weighted by atomic mass is 9.78. The predicted molar refractivity (Wildman–Crippen MR) is 87.4 cm³/mol. The number of hydrogen-bond donors (Lipinski definition) is 1. The van der Waals surface area contributed by atoms with Gasteiger partial charge in [0.25, 0.3) is 0 Å². The summed E-state index contributed by atoms with van der Waals surface area (Å²) in [5.41, 5.74) is 1.13. The molecule has 21 heavy (non-hydrogen) atoms. The highest BCUT2D eigenvalue weighted by atomic mass is 35.5. The van der Waals surface area contributed by atoms with Crippen LogP contribution in [0.4, 0.5) is 0 Å². The Morgan fingerprint density at radius 2 is 1.95 bits per heavy atom. The van der Waals surface area contributed by atoms with E-state index in [2.05, 4.69) is 19.2 Å². The molecule has 1 saturated carbocycles. The Hall–Kier alpha value is -0.930. The Morgan fingerprint density at radius 1 is 1.19 bits per heavy atom. The zero-order chi connectivity index (χ0) is 15.4. The van der Waals surface area contributed by atoms with Crippen LogP contribution in [0.1, 0.15) is 38.7 Å². The highest BCUT2D eigenvalue weighted by molar-refractivity contribution is 6.32. The van der Waals surface area contributed by atoms with E-state index in [0.29, 0.717) is 22.6 Å². The summed E-state index contributed by atoms with van der Waals surface area (Å²) in [7, 11) is 3.24. The lowest BCUT2D eigenvalue weighted by Gasteiger charge is -2.34. The van der Waals surface area contributed by atoms with Crippen molar-refractivity contribution in [2.75, 3.05) is 14.2 Å². The fraction of sp³-hybridized carbons (Fsp3) is 0.647. The fourth-order valence-corrected chi connectivity index (χ4v) is 3.50. The average Bonchev–Trinajstić information content (AvgIpc) is 2.48. The van der Waals surface area contributed by atoms with Crippen LogP contribution in [-0.4, -0.2) is 20.3 Å². The van der Waals surface area contributed by atoms with Gasteiger partial charge in [0.15, 0.2) is 11.5 Å². The van der Waals surface area contributed by atoms with E-state index in [4.69, 9.17) is 21.1 Å². The van der Waals surface area contributed by atoms with E-state index in [0.717, 1.165) is 23.9 Å². The Bertz CT molecular complexity index is 478. The summed E-state index contributed by atoms with van der Waals surface area (Å²) in [6.45, 7) is 5.51. The second kappa shape index (κ2) is 7.37. The van der Waals surface area contributed by atoms with E-state index in [1.54, 1.807) is 14.2 Å². The zero-order valence-corrected chi connectivity index (χ0v) is 14.2. The molecule has 1 aromatic carbocycles. The molecular weight excluding hydrogens is 286 g/mol. The molecule has 0 saturated heterocycles. The third-order valence-corrected chi connectivity index (χ3v) is 5.05. The molecule has 2 rings (SSSR count). The SMILES string of the molecule is COc1cc(CNC2CCCC(C)C2C)cc(Cl)c1OC. The highest BCUT2D eigenvalue weighted by Crippen LogP contribution is 2.36. The van der Waals surface area contributed by atoms with Crippen LogP contribution < -0.4 is 14.8 Å². The maximum absolute atomic E-state index is 6.25. The normalized spacial score (nSPS) is 25.7. The largest absolute Gasteiger partial charge is 0.493 e. The lowest BCUT2D eigenvalue weighted by Crippen LogP contribution is -2.40. The van der Waals surface area contributed by atoms with Crippen molar-refractivity contribution in [3.63, 3.8) is 0 Å². The van der Waals surface area contributed by atoms with Gasteiger partial charge in [-0.3, -0.25) is 0 Å². The molecule has 0 heterocycles. The monoisotopic (exact) mass is 311 g/mol. The van der Waals surface area contributed by atoms with Gasteiger partial charge in [-0.15, -0.1) is 0 Å². The second-order valence-corrected chi connectivity index (χ2v) is 6.48. The summed E-state index contributed by atoms with van der Waals surface area (Å²) in [4.78, 5) is 0. The van der Waals surface area contributed by atoms with Gasteiger partial charge in [0.05, 0.1) is 19.2 Å². The van der Waals surface area contributed by atoms with Crippen molar-refractivity contribution in [3.8, 4) is 11.5 Å². The topological polar surface area (TPSA) is 30.5 Å². The third-order valence-electron chi connectivity index (χ3n) is 4.77. The van der Waals surface area contributed by atoms with Gasteiger partial charge in [0.2, 0.25) is 0 Å². The van der Waals surface area contributed by atoms with Crippen LogP contribution >= 0.6 is 11.6 Å². The predicted octanol–water partition coefficient (Wildman–Crippen LogP) is 4.27. The maximum Gasteiger partial charge on any atom is 0.179 e. The Kier molecular flexibility index (Phi) is 5.77. The molecule has 0 aliphatic heterocycles. The first-order valence-corrected chi connectivity index (χ1v) is 8.08. The minimum Gasteiger partial charge on any atom is -0.493 e. The van der Waals surface area contributed by atoms with Gasteiger partial charge in [0, 0.05) is 12.6 Å². The number of rotatable bonds is 5. The van der Waals surface area contributed by atoms with Gasteiger partial charge >= 0.3 is 0 Å². The fourth-order valence-electron chi connectivity index (χ4n) is 3.19. The van der Waals surface area contributed by atoms with Crippen LogP contribution in [0, 0.1) is 11.8 Å². The van der Waals surface area contributed by atoms with E-state index in [-0.39, 0.29) is 0 Å². The van der Waals surface area contributed by atoms with E-state index >= 15 is 0 Å². The number of methoxy groups -OCH3 is 2. The molecule has 1 aliphatic carbocycles. The summed E-state index contributed by atoms with van der Waals surface area (Å²) in [6, 6.07) is 4.53. The quantitative estimate of drug-likeness (QED) is 0.881. The molecule has 3 atom stereocenters. The van der Waals surface area contributed by atoms with Crippen molar-refractivity contribution in [1.82, 2.24) is 5.32 Å². The van der Waals surface area contributed by atoms with E-state index in [1.807, 2.05) is 12.1 Å². The number of ether oxygens (including phenoxy) is 2. The van der Waals surface area contributed by atoms with Crippen molar-refractivity contribution in [2.24, 2.45) is 11.8 Å². The first kappa shape index (κ1) is 16.4. The van der Waals surface area contributed by atoms with E-state index < -0.39 is 0 Å². The van der Waals surface area contributed by atoms with Crippen molar-refractivity contribution in [1.29, 1.82) is 0 Å². The molecule has 118 valence electrons. The van der Waals surface area contributed by atoms with Crippen LogP contribution in [-0.2, 0) is 6.54 Å². The zero-order valence-electron chi connectivity index (χ0n) is 13.4. The molecule has 0 radical (unpaired) electrons. The minimum absolute atomic E-state index is 0.584. The van der Waals surface area contributed by atoms with E-state index in [9.17, 15) is 0 Å². The summed E-state index contributed by atoms with van der Waals surface area (Å²) >= 11 is 6.25. The van der Waals surface area contributed by atoms with Gasteiger partial charge in [0.1, 0.15) is 0 Å². The number of hydrogen-bond acceptors (Lipinski definition) is 3. The molecule has 0 spiro atoms. The molecule has 1 fully saturated rings. The van der Waals surface area contributed by atoms with Crippen molar-refractivity contribution >= 4 is 11.6 Å². The van der Waals surface area contributed by atoms with Crippen molar-refractivity contribution < 1.29 is 9.47 Å². The highest BCUT2D eigenvalue weighted by Gasteiger charge is 2.26. The molecule has 3 nitrogen and oxygen atoms in total. The van der Waals surface area contributed by atoms with Crippen LogP contribution in [0.25, 0.3) is 0 Å². The molecule has 1 aromatic rings. The summed E-state index contributed by atoms with van der Waals surface area (Å²) < 4.78 is 10.6. The summed E-state index contributed by atoms with van der Waals surface area (Å²) in [5.74, 6) is 2.80. The molecule has 4 heteroatoms. The van der Waals surface area contributed by atoms with Crippen molar-refractivity contribution in [2.45, 2.75) is 45.7 Å². The third kappa shape index (κ3) is 3.83. The van der Waals surface area contributed by atoms with Gasteiger partial charge < -0.3 is 14.8 Å². The van der Waals surface area contributed by atoms with Gasteiger partial charge in [-0.2, -0.15) is 0 Å². The standard InChI is InChI=1S/C17H26ClNO2/c1-11-6-5-7-15(12(11)2)19-10-13-8-14(18)17(21-4)16(9-13)20-3/h8-9,11-12,15,19H,5-7,10H2,1-4H3. The summed E-state index contributed by atoms with van der Waals surface area (Å²) in [5, 5.41) is 4.28. The van der Waals surface area contributed by atoms with E-state index in [1.165, 1.54) is 19.3 Å². The molecular formula is C17H26ClNO2. The van der Waals surface area contributed by atoms with Crippen LogP contribution in [0.3, 0.4) is 0 Å². The molecule has 1 aliphatic rings. The first-order valence-electron chi connectivity index (χ1n) is 7.70. The average molecular weight is 312 g/mol. The Morgan fingerprint density at radius 3 is 2.62 bits per heavy atom. The molecule has 1 N–H and O–H groups in total. The number of nitrogens with one attached hydrogen (secondary N) is 1. The molecule has 0 amide bonds. The van der Waals surface area contributed by atoms with Gasteiger partial charge in [-0.1, -0.05) is 38.3 Å². The Balaban J connectivity index is 2.04. The number of benzene rings is 1. The number of halogens is 1. The van der Waals surface area contributed by atoms with Crippen LogP contribution in [0.2, 0.25) is 5.02 Å². The Labute approximate surface area is 133 Å². The minimum atomic E-state index is 0.584.